The molecule has 1 amide bonds. The molecule has 3 fully saturated rings. The SMILES string of the molecule is CC(C(=O)NC1CC1)N1CCCC1C1CCCC1O. The number of carbonyl (C=O) groups excluding carboxylic acids is 1. The van der Waals surface area contributed by atoms with Crippen molar-refractivity contribution in [3.63, 3.8) is 0 Å². The Morgan fingerprint density at radius 3 is 2.63 bits per heavy atom. The van der Waals surface area contributed by atoms with Gasteiger partial charge in [-0.3, -0.25) is 9.69 Å². The normalized spacial score (nSPS) is 37.5. The molecule has 0 radical (unpaired) electrons. The molecule has 4 unspecified atom stereocenters. The van der Waals surface area contributed by atoms with E-state index in [1.807, 2.05) is 6.92 Å². The summed E-state index contributed by atoms with van der Waals surface area (Å²) in [6, 6.07) is 0.812. The number of rotatable bonds is 4. The first-order valence-corrected chi connectivity index (χ1v) is 7.91. The van der Waals surface area contributed by atoms with Gasteiger partial charge in [-0.1, -0.05) is 6.42 Å². The summed E-state index contributed by atoms with van der Waals surface area (Å²) in [6.45, 7) is 3.03. The van der Waals surface area contributed by atoms with E-state index in [9.17, 15) is 9.90 Å². The summed E-state index contributed by atoms with van der Waals surface area (Å²) in [5.41, 5.74) is 0. The van der Waals surface area contributed by atoms with Gasteiger partial charge in [-0.05, 0) is 52.0 Å². The fourth-order valence-electron chi connectivity index (χ4n) is 3.87. The van der Waals surface area contributed by atoms with Gasteiger partial charge in [-0.15, -0.1) is 0 Å². The van der Waals surface area contributed by atoms with Crippen molar-refractivity contribution < 1.29 is 9.90 Å². The van der Waals surface area contributed by atoms with Gasteiger partial charge in [0.05, 0.1) is 12.1 Å². The van der Waals surface area contributed by atoms with E-state index in [0.29, 0.717) is 18.0 Å². The van der Waals surface area contributed by atoms with Crippen molar-refractivity contribution in [1.29, 1.82) is 0 Å². The van der Waals surface area contributed by atoms with Gasteiger partial charge in [0.1, 0.15) is 0 Å². The van der Waals surface area contributed by atoms with Crippen LogP contribution in [-0.4, -0.2) is 46.7 Å². The van der Waals surface area contributed by atoms with Gasteiger partial charge in [0.25, 0.3) is 0 Å². The number of hydrogen-bond donors (Lipinski definition) is 2. The molecule has 1 aliphatic heterocycles. The van der Waals surface area contributed by atoms with Crippen LogP contribution in [-0.2, 0) is 4.79 Å². The molecule has 2 N–H and O–H groups in total. The maximum Gasteiger partial charge on any atom is 0.237 e. The van der Waals surface area contributed by atoms with E-state index >= 15 is 0 Å². The highest BCUT2D eigenvalue weighted by Crippen LogP contribution is 2.36. The molecule has 0 aromatic carbocycles. The van der Waals surface area contributed by atoms with Crippen LogP contribution in [0, 0.1) is 5.92 Å². The molecule has 0 aromatic heterocycles. The second-order valence-electron chi connectivity index (χ2n) is 6.57. The van der Waals surface area contributed by atoms with Crippen LogP contribution < -0.4 is 5.32 Å². The summed E-state index contributed by atoms with van der Waals surface area (Å²) < 4.78 is 0. The molecule has 1 saturated heterocycles. The molecule has 0 bridgehead atoms. The molecular weight excluding hydrogens is 240 g/mol. The van der Waals surface area contributed by atoms with Crippen molar-refractivity contribution in [2.45, 2.75) is 76.1 Å². The van der Waals surface area contributed by atoms with Gasteiger partial charge in [0, 0.05) is 18.0 Å². The van der Waals surface area contributed by atoms with Crippen LogP contribution in [0.2, 0.25) is 0 Å². The Morgan fingerprint density at radius 1 is 1.21 bits per heavy atom. The van der Waals surface area contributed by atoms with Crippen LogP contribution in [0.4, 0.5) is 0 Å². The minimum atomic E-state index is -0.149. The molecule has 108 valence electrons. The number of aliphatic hydroxyl groups excluding tert-OH is 1. The number of hydrogen-bond acceptors (Lipinski definition) is 3. The van der Waals surface area contributed by atoms with E-state index in [1.165, 1.54) is 0 Å². The Balaban J connectivity index is 1.62. The molecule has 4 atom stereocenters. The molecule has 2 aliphatic carbocycles. The Bertz CT molecular complexity index is 343. The summed E-state index contributed by atoms with van der Waals surface area (Å²) in [5.74, 6) is 0.570. The number of nitrogens with one attached hydrogen (secondary N) is 1. The Labute approximate surface area is 115 Å². The van der Waals surface area contributed by atoms with Gasteiger partial charge in [0.15, 0.2) is 0 Å². The monoisotopic (exact) mass is 266 g/mol. The maximum atomic E-state index is 12.2. The number of nitrogens with zero attached hydrogens (tertiary/aromatic N) is 1. The van der Waals surface area contributed by atoms with Gasteiger partial charge in [-0.2, -0.15) is 0 Å². The van der Waals surface area contributed by atoms with Crippen LogP contribution in [0.3, 0.4) is 0 Å². The van der Waals surface area contributed by atoms with Crippen LogP contribution in [0.1, 0.15) is 51.9 Å². The summed E-state index contributed by atoms with van der Waals surface area (Å²) in [6.07, 6.45) is 7.64. The van der Waals surface area contributed by atoms with E-state index < -0.39 is 0 Å². The van der Waals surface area contributed by atoms with Crippen molar-refractivity contribution >= 4 is 5.91 Å². The Morgan fingerprint density at radius 2 is 2.00 bits per heavy atom. The molecule has 3 rings (SSSR count). The van der Waals surface area contributed by atoms with E-state index in [4.69, 9.17) is 0 Å². The minimum absolute atomic E-state index is 0.0408. The summed E-state index contributed by atoms with van der Waals surface area (Å²) in [5, 5.41) is 13.2. The van der Waals surface area contributed by atoms with Crippen LogP contribution in [0.25, 0.3) is 0 Å². The highest BCUT2D eigenvalue weighted by Gasteiger charge is 2.41. The van der Waals surface area contributed by atoms with Crippen LogP contribution >= 0.6 is 0 Å². The fraction of sp³-hybridized carbons (Fsp3) is 0.933. The molecule has 1 heterocycles. The summed E-state index contributed by atoms with van der Waals surface area (Å²) >= 11 is 0. The van der Waals surface area contributed by atoms with Crippen molar-refractivity contribution in [3.05, 3.63) is 0 Å². The highest BCUT2D eigenvalue weighted by atomic mass is 16.3. The molecule has 4 heteroatoms. The van der Waals surface area contributed by atoms with Crippen molar-refractivity contribution in [1.82, 2.24) is 10.2 Å². The first kappa shape index (κ1) is 13.4. The zero-order valence-electron chi connectivity index (χ0n) is 11.8. The number of aliphatic hydroxyl groups is 1. The van der Waals surface area contributed by atoms with Crippen LogP contribution in [0.15, 0.2) is 0 Å². The standard InChI is InChI=1S/C15H26N2O2/c1-10(15(19)16-11-7-8-11)17-9-3-5-13(17)12-4-2-6-14(12)18/h10-14,18H,2-9H2,1H3,(H,16,19). The van der Waals surface area contributed by atoms with E-state index in [0.717, 1.165) is 51.5 Å². The number of carbonyl (C=O) groups is 1. The molecule has 3 aliphatic rings. The molecule has 0 aromatic rings. The molecule has 0 spiro atoms. The Kier molecular flexibility index (Phi) is 3.81. The first-order chi connectivity index (χ1) is 9.16. The lowest BCUT2D eigenvalue weighted by atomic mass is 9.93. The molecule has 19 heavy (non-hydrogen) atoms. The smallest absolute Gasteiger partial charge is 0.237 e. The average Bonchev–Trinajstić information content (AvgIpc) is 2.90. The minimum Gasteiger partial charge on any atom is -0.393 e. The van der Waals surface area contributed by atoms with E-state index in [2.05, 4.69) is 10.2 Å². The van der Waals surface area contributed by atoms with Crippen LogP contribution in [0.5, 0.6) is 0 Å². The second kappa shape index (κ2) is 5.41. The zero-order chi connectivity index (χ0) is 13.4. The second-order valence-corrected chi connectivity index (χ2v) is 6.57. The van der Waals surface area contributed by atoms with E-state index in [-0.39, 0.29) is 18.1 Å². The maximum absolute atomic E-state index is 12.2. The fourth-order valence-corrected chi connectivity index (χ4v) is 3.87. The van der Waals surface area contributed by atoms with Gasteiger partial charge in [-0.25, -0.2) is 0 Å². The Hall–Kier alpha value is -0.610. The van der Waals surface area contributed by atoms with Crippen molar-refractivity contribution in [2.24, 2.45) is 5.92 Å². The van der Waals surface area contributed by atoms with Gasteiger partial charge < -0.3 is 10.4 Å². The third kappa shape index (κ3) is 2.79. The highest BCUT2D eigenvalue weighted by molar-refractivity contribution is 5.82. The molecular formula is C15H26N2O2. The predicted molar refractivity (Wildman–Crippen MR) is 73.7 cm³/mol. The topological polar surface area (TPSA) is 52.6 Å². The van der Waals surface area contributed by atoms with E-state index in [1.54, 1.807) is 0 Å². The average molecular weight is 266 g/mol. The lowest BCUT2D eigenvalue weighted by Gasteiger charge is -2.34. The quantitative estimate of drug-likeness (QED) is 0.806. The molecule has 2 saturated carbocycles. The number of amides is 1. The largest absolute Gasteiger partial charge is 0.393 e. The third-order valence-electron chi connectivity index (χ3n) is 5.17. The van der Waals surface area contributed by atoms with Gasteiger partial charge in [0.2, 0.25) is 5.91 Å². The lowest BCUT2D eigenvalue weighted by Crippen LogP contribution is -2.50. The molecule has 4 nitrogen and oxygen atoms in total. The summed E-state index contributed by atoms with van der Waals surface area (Å²) in [7, 11) is 0. The summed E-state index contributed by atoms with van der Waals surface area (Å²) in [4.78, 5) is 14.6. The predicted octanol–water partition coefficient (Wildman–Crippen LogP) is 1.28. The van der Waals surface area contributed by atoms with Gasteiger partial charge >= 0.3 is 0 Å². The van der Waals surface area contributed by atoms with Crippen molar-refractivity contribution in [2.75, 3.05) is 6.54 Å². The van der Waals surface area contributed by atoms with Crippen molar-refractivity contribution in [3.8, 4) is 0 Å². The third-order valence-corrected chi connectivity index (χ3v) is 5.17. The lowest BCUT2D eigenvalue weighted by molar-refractivity contribution is -0.127. The number of likely N-dealkylation sites (tertiary alicyclic amines) is 1. The zero-order valence-corrected chi connectivity index (χ0v) is 11.8. The first-order valence-electron chi connectivity index (χ1n) is 7.91.